The predicted octanol–water partition coefficient (Wildman–Crippen LogP) is 2.88. The number of aliphatic hydroxyl groups excluding tert-OH is 1. The molecule has 3 aliphatic rings. The van der Waals surface area contributed by atoms with Crippen LogP contribution in [0.5, 0.6) is 0 Å². The normalized spacial score (nSPS) is 36.9. The number of nitrogens with two attached hydrogens (primary N) is 2. The number of anilines is 1. The average molecular weight is 558 g/mol. The zero-order chi connectivity index (χ0) is 29.6. The van der Waals surface area contributed by atoms with Gasteiger partial charge in [-0.1, -0.05) is 33.8 Å². The van der Waals surface area contributed by atoms with Crippen molar-refractivity contribution in [3.05, 3.63) is 30.2 Å². The zero-order valence-electron chi connectivity index (χ0n) is 23.4. The van der Waals surface area contributed by atoms with E-state index in [-0.39, 0.29) is 41.2 Å². The van der Waals surface area contributed by atoms with Crippen LogP contribution in [0.15, 0.2) is 18.9 Å². The van der Waals surface area contributed by atoms with Crippen molar-refractivity contribution in [1.29, 1.82) is 0 Å². The second-order valence-corrected chi connectivity index (χ2v) is 12.1. The molecule has 8 atom stereocenters. The van der Waals surface area contributed by atoms with Crippen LogP contribution in [0.2, 0.25) is 0 Å². The number of ether oxygens (including phenoxy) is 2. The molecule has 0 unspecified atom stereocenters. The van der Waals surface area contributed by atoms with Crippen molar-refractivity contribution < 1.29 is 33.8 Å². The molecule has 3 saturated carbocycles. The van der Waals surface area contributed by atoms with E-state index in [1.54, 1.807) is 6.08 Å². The molecule has 218 valence electrons. The Morgan fingerprint density at radius 2 is 1.95 bits per heavy atom. The Morgan fingerprint density at radius 3 is 2.60 bits per heavy atom. The third-order valence-electron chi connectivity index (χ3n) is 10.2. The van der Waals surface area contributed by atoms with Crippen LogP contribution in [-0.4, -0.2) is 51.2 Å². The number of alkyl carbamates (subject to hydrolysis) is 2. The Morgan fingerprint density at radius 1 is 1.25 bits per heavy atom. The van der Waals surface area contributed by atoms with Crippen molar-refractivity contribution in [2.75, 3.05) is 5.73 Å². The summed E-state index contributed by atoms with van der Waals surface area (Å²) in [6.07, 6.45) is 2.11. The Kier molecular flexibility index (Phi) is 7.70. The van der Waals surface area contributed by atoms with Crippen LogP contribution in [0.4, 0.5) is 15.4 Å². The molecular weight excluding hydrogens is 518 g/mol. The van der Waals surface area contributed by atoms with Crippen molar-refractivity contribution in [2.24, 2.45) is 39.7 Å². The van der Waals surface area contributed by atoms with Gasteiger partial charge in [0.15, 0.2) is 11.5 Å². The van der Waals surface area contributed by atoms with Gasteiger partial charge < -0.3 is 26.0 Å². The number of amides is 3. The molecule has 0 spiro atoms. The standard InChI is InChI=1S/C28H39N5O7/c1-6-26(4)11-18(27(5)14(2)7-9-28(15(3)21(26)35)10-8-17(34)20(27)28)40-25(38)33-24(37)39-13-16-12-31-22(29)19(32-16)23(30)36/h6,12,14-15,18,20-21,35H,1,7-11,13H2,2-5H3,(H2,29,31)(H2,30,36)(H,33,37,38)/t14-,15+,18-,20+,21+,26-,27+,28+/m1/s1. The summed E-state index contributed by atoms with van der Waals surface area (Å²) in [4.78, 5) is 58.1. The number of aliphatic hydroxyl groups is 1. The molecule has 3 amide bonds. The third-order valence-corrected chi connectivity index (χ3v) is 10.2. The molecule has 6 N–H and O–H groups in total. The monoisotopic (exact) mass is 557 g/mol. The van der Waals surface area contributed by atoms with Gasteiger partial charge in [0.05, 0.1) is 18.0 Å². The van der Waals surface area contributed by atoms with Gasteiger partial charge in [-0.2, -0.15) is 0 Å². The number of carbonyl (C=O) groups is 4. The largest absolute Gasteiger partial charge is 0.445 e. The summed E-state index contributed by atoms with van der Waals surface area (Å²) in [7, 11) is 0. The van der Waals surface area contributed by atoms with Gasteiger partial charge in [0.25, 0.3) is 5.91 Å². The Hall–Kier alpha value is -3.54. The van der Waals surface area contributed by atoms with Crippen molar-refractivity contribution >= 4 is 29.7 Å². The molecule has 2 bridgehead atoms. The van der Waals surface area contributed by atoms with Crippen LogP contribution >= 0.6 is 0 Å². The maximum atomic E-state index is 13.5. The van der Waals surface area contributed by atoms with Crippen molar-refractivity contribution in [3.8, 4) is 0 Å². The van der Waals surface area contributed by atoms with Crippen LogP contribution in [0, 0.1) is 34.0 Å². The Balaban J connectivity index is 1.55. The quantitative estimate of drug-likeness (QED) is 0.391. The maximum Gasteiger partial charge on any atom is 0.417 e. The number of aromatic nitrogens is 2. The van der Waals surface area contributed by atoms with Gasteiger partial charge in [0.2, 0.25) is 0 Å². The SMILES string of the molecule is C=C[C@]1(C)C[C@@H](OC(=O)NC(=O)OCc2cnc(N)c(C(N)=O)n2)[C@]2(C)[C@H](C)CC[C@]3(CCC(=O)[C@H]32)[C@@H](C)[C@@H]1O. The molecule has 1 aromatic rings. The highest BCUT2D eigenvalue weighted by Gasteiger charge is 2.68. The highest BCUT2D eigenvalue weighted by molar-refractivity contribution is 5.95. The number of nitrogens with one attached hydrogen (secondary N) is 1. The van der Waals surface area contributed by atoms with Crippen LogP contribution in [-0.2, 0) is 20.9 Å². The molecule has 3 fully saturated rings. The highest BCUT2D eigenvalue weighted by Crippen LogP contribution is 2.67. The molecule has 40 heavy (non-hydrogen) atoms. The van der Waals surface area contributed by atoms with E-state index in [1.165, 1.54) is 6.20 Å². The number of primary amides is 1. The van der Waals surface area contributed by atoms with E-state index < -0.39 is 59.1 Å². The van der Waals surface area contributed by atoms with Crippen LogP contribution < -0.4 is 16.8 Å². The third kappa shape index (κ3) is 4.71. The van der Waals surface area contributed by atoms with Crippen molar-refractivity contribution in [3.63, 3.8) is 0 Å². The first kappa shape index (κ1) is 29.4. The van der Waals surface area contributed by atoms with Crippen molar-refractivity contribution in [1.82, 2.24) is 15.3 Å². The number of imide groups is 1. The van der Waals surface area contributed by atoms with Gasteiger partial charge in [-0.3, -0.25) is 9.59 Å². The number of ketones is 1. The van der Waals surface area contributed by atoms with Gasteiger partial charge >= 0.3 is 12.2 Å². The van der Waals surface area contributed by atoms with Gasteiger partial charge in [0.1, 0.15) is 18.5 Å². The molecule has 0 radical (unpaired) electrons. The Bertz CT molecular complexity index is 1240. The lowest BCUT2D eigenvalue weighted by Gasteiger charge is -2.61. The molecule has 0 saturated heterocycles. The van der Waals surface area contributed by atoms with Crippen LogP contribution in [0.1, 0.15) is 76.0 Å². The fraction of sp³-hybridized carbons (Fsp3) is 0.643. The lowest BCUT2D eigenvalue weighted by Crippen LogP contribution is -2.63. The van der Waals surface area contributed by atoms with E-state index in [9.17, 15) is 24.3 Å². The summed E-state index contributed by atoms with van der Waals surface area (Å²) in [6.45, 7) is 11.5. The molecule has 1 aromatic heterocycles. The number of carbonyl (C=O) groups excluding carboxylic acids is 4. The number of rotatable bonds is 5. The molecule has 1 heterocycles. The minimum Gasteiger partial charge on any atom is -0.445 e. The summed E-state index contributed by atoms with van der Waals surface area (Å²) in [6, 6.07) is 0. The lowest BCUT2D eigenvalue weighted by atomic mass is 9.44. The zero-order valence-corrected chi connectivity index (χ0v) is 23.4. The summed E-state index contributed by atoms with van der Waals surface area (Å²) in [5.74, 6) is -1.43. The second-order valence-electron chi connectivity index (χ2n) is 12.1. The molecule has 4 rings (SSSR count). The number of hydrogen-bond donors (Lipinski definition) is 4. The average Bonchev–Trinajstić information content (AvgIpc) is 3.26. The number of Topliss-reactive ketones (excluding diaryl/α,β-unsaturated/α-hetero) is 1. The number of nitrogens with zero attached hydrogens (tertiary/aromatic N) is 2. The van der Waals surface area contributed by atoms with Gasteiger partial charge in [-0.15, -0.1) is 6.58 Å². The predicted molar refractivity (Wildman–Crippen MR) is 143 cm³/mol. The maximum absolute atomic E-state index is 13.5. The smallest absolute Gasteiger partial charge is 0.417 e. The summed E-state index contributed by atoms with van der Waals surface area (Å²) < 4.78 is 11.0. The fourth-order valence-electron chi connectivity index (χ4n) is 7.60. The first-order valence-electron chi connectivity index (χ1n) is 13.6. The summed E-state index contributed by atoms with van der Waals surface area (Å²) in [5.41, 5.74) is 8.66. The highest BCUT2D eigenvalue weighted by atomic mass is 16.6. The van der Waals surface area contributed by atoms with Crippen LogP contribution in [0.3, 0.4) is 0 Å². The first-order chi connectivity index (χ1) is 18.7. The minimum absolute atomic E-state index is 0.0393. The topological polar surface area (TPSA) is 197 Å². The summed E-state index contributed by atoms with van der Waals surface area (Å²) >= 11 is 0. The molecule has 12 heteroatoms. The minimum atomic E-state index is -1.11. The second kappa shape index (κ2) is 10.5. The van der Waals surface area contributed by atoms with E-state index in [0.29, 0.717) is 12.8 Å². The van der Waals surface area contributed by atoms with Gasteiger partial charge in [-0.05, 0) is 42.9 Å². The van der Waals surface area contributed by atoms with Gasteiger partial charge in [-0.25, -0.2) is 24.9 Å². The molecule has 0 aromatic carbocycles. The van der Waals surface area contributed by atoms with Crippen molar-refractivity contribution in [2.45, 2.75) is 78.6 Å². The fourth-order valence-corrected chi connectivity index (χ4v) is 7.60. The molecular formula is C28H39N5O7. The Labute approximate surface area is 233 Å². The number of hydrogen-bond acceptors (Lipinski definition) is 10. The van der Waals surface area contributed by atoms with E-state index >= 15 is 0 Å². The van der Waals surface area contributed by atoms with E-state index in [0.717, 1.165) is 12.8 Å². The lowest BCUT2D eigenvalue weighted by molar-refractivity contribution is -0.191. The van der Waals surface area contributed by atoms with Crippen LogP contribution in [0.25, 0.3) is 0 Å². The number of nitrogen functional groups attached to an aromatic ring is 1. The van der Waals surface area contributed by atoms with Gasteiger partial charge in [0, 0.05) is 23.2 Å². The van der Waals surface area contributed by atoms with E-state index in [2.05, 4.69) is 28.8 Å². The first-order valence-corrected chi connectivity index (χ1v) is 13.6. The molecule has 12 nitrogen and oxygen atoms in total. The van der Waals surface area contributed by atoms with E-state index in [4.69, 9.17) is 20.9 Å². The molecule has 3 aliphatic carbocycles. The molecule has 0 aliphatic heterocycles. The summed E-state index contributed by atoms with van der Waals surface area (Å²) in [5, 5.41) is 13.6. The van der Waals surface area contributed by atoms with E-state index in [1.807, 2.05) is 20.8 Å².